The summed E-state index contributed by atoms with van der Waals surface area (Å²) in [4.78, 5) is 24.6. The Morgan fingerprint density at radius 2 is 1.94 bits per heavy atom. The van der Waals surface area contributed by atoms with Crippen molar-refractivity contribution < 1.29 is 28.5 Å². The van der Waals surface area contributed by atoms with Gasteiger partial charge in [-0.05, 0) is 19.3 Å². The molecule has 7 heteroatoms. The van der Waals surface area contributed by atoms with Crippen molar-refractivity contribution in [1.29, 1.82) is 0 Å². The highest BCUT2D eigenvalue weighted by Crippen LogP contribution is 2.57. The average molecular weight is 434 g/mol. The van der Waals surface area contributed by atoms with Gasteiger partial charge in [-0.15, -0.1) is 0 Å². The number of rotatable bonds is 10. The van der Waals surface area contributed by atoms with Crippen LogP contribution in [0.25, 0.3) is 0 Å². The minimum absolute atomic E-state index is 0.00969. The summed E-state index contributed by atoms with van der Waals surface area (Å²) in [6, 6.07) is -0.327. The largest absolute Gasteiger partial charge is 0.358 e. The first kappa shape index (κ1) is 22.6. The van der Waals surface area contributed by atoms with Crippen LogP contribution >= 0.6 is 0 Å². The van der Waals surface area contributed by atoms with E-state index < -0.39 is 24.1 Å². The number of hydrogen-bond acceptors (Lipinski definition) is 6. The van der Waals surface area contributed by atoms with Crippen LogP contribution in [0.15, 0.2) is 23.8 Å². The highest BCUT2D eigenvalue weighted by Gasteiger charge is 2.79. The SMILES string of the molecule is CCCCCCC(C)C=C(C)C=CC(=O)NC1CC2(OC1OC)C1OC1C(=O)C1OC12. The van der Waals surface area contributed by atoms with Crippen molar-refractivity contribution in [3.8, 4) is 0 Å². The number of amides is 1. The van der Waals surface area contributed by atoms with E-state index in [9.17, 15) is 9.59 Å². The second-order valence-corrected chi connectivity index (χ2v) is 9.42. The molecule has 7 nitrogen and oxygen atoms in total. The molecule has 3 heterocycles. The van der Waals surface area contributed by atoms with Crippen LogP contribution in [0.3, 0.4) is 0 Å². The van der Waals surface area contributed by atoms with Crippen molar-refractivity contribution in [1.82, 2.24) is 5.32 Å². The van der Waals surface area contributed by atoms with E-state index in [0.29, 0.717) is 12.3 Å². The lowest BCUT2D eigenvalue weighted by atomic mass is 9.81. The molecule has 3 saturated heterocycles. The lowest BCUT2D eigenvalue weighted by Crippen LogP contribution is -2.49. The van der Waals surface area contributed by atoms with Gasteiger partial charge in [-0.1, -0.05) is 57.3 Å². The molecule has 31 heavy (non-hydrogen) atoms. The maximum Gasteiger partial charge on any atom is 0.244 e. The molecule has 0 aromatic heterocycles. The van der Waals surface area contributed by atoms with Crippen LogP contribution in [0, 0.1) is 5.92 Å². The first-order valence-corrected chi connectivity index (χ1v) is 11.6. The van der Waals surface area contributed by atoms with Crippen molar-refractivity contribution in [3.63, 3.8) is 0 Å². The van der Waals surface area contributed by atoms with Crippen molar-refractivity contribution >= 4 is 11.7 Å². The molecule has 1 saturated carbocycles. The molecule has 4 aliphatic rings. The molecular formula is C24H35NO6. The molecule has 172 valence electrons. The Bertz CT molecular complexity index is 741. The van der Waals surface area contributed by atoms with Gasteiger partial charge in [0.15, 0.2) is 12.1 Å². The van der Waals surface area contributed by atoms with E-state index in [0.717, 1.165) is 5.57 Å². The number of fused-ring (bicyclic) bond motifs is 4. The fourth-order valence-electron chi connectivity index (χ4n) is 5.13. The summed E-state index contributed by atoms with van der Waals surface area (Å²) in [5, 5.41) is 3.00. The summed E-state index contributed by atoms with van der Waals surface area (Å²) >= 11 is 0. The van der Waals surface area contributed by atoms with Crippen molar-refractivity contribution in [3.05, 3.63) is 23.8 Å². The standard InChI is InChI=1S/C24H35NO6/c1-5-6-7-8-9-14(2)12-15(3)10-11-17(26)25-16-13-24(31-23(16)28-4)21-19(29-21)18(27)20-22(24)30-20/h10-12,14,16,19-23H,5-9,13H2,1-4H3,(H,25,26). The summed E-state index contributed by atoms with van der Waals surface area (Å²) in [6.45, 7) is 6.46. The van der Waals surface area contributed by atoms with E-state index in [4.69, 9.17) is 18.9 Å². The van der Waals surface area contributed by atoms with Gasteiger partial charge in [0.2, 0.25) is 5.91 Å². The second-order valence-electron chi connectivity index (χ2n) is 9.42. The number of epoxide rings is 2. The molecule has 4 rings (SSSR count). The predicted octanol–water partition coefficient (Wildman–Crippen LogP) is 2.83. The number of ketones is 1. The Morgan fingerprint density at radius 1 is 1.23 bits per heavy atom. The van der Waals surface area contributed by atoms with Gasteiger partial charge in [0.25, 0.3) is 0 Å². The molecule has 1 N–H and O–H groups in total. The number of ether oxygens (including phenoxy) is 4. The van der Waals surface area contributed by atoms with Crippen molar-refractivity contribution in [2.75, 3.05) is 7.11 Å². The Kier molecular flexibility index (Phi) is 6.68. The predicted molar refractivity (Wildman–Crippen MR) is 114 cm³/mol. The molecule has 7 atom stereocenters. The number of allylic oxidation sites excluding steroid dienone is 3. The van der Waals surface area contributed by atoms with E-state index in [-0.39, 0.29) is 29.9 Å². The van der Waals surface area contributed by atoms with E-state index in [1.165, 1.54) is 32.1 Å². The summed E-state index contributed by atoms with van der Waals surface area (Å²) in [5.74, 6) is 0.317. The zero-order valence-electron chi connectivity index (χ0n) is 19.0. The average Bonchev–Trinajstić information content (AvgIpc) is 3.65. The van der Waals surface area contributed by atoms with E-state index in [2.05, 4.69) is 25.2 Å². The molecule has 0 aromatic carbocycles. The Balaban J connectivity index is 1.29. The third kappa shape index (κ3) is 4.65. The van der Waals surface area contributed by atoms with Crippen molar-refractivity contribution in [2.24, 2.45) is 5.92 Å². The molecule has 1 amide bonds. The first-order valence-electron chi connectivity index (χ1n) is 11.6. The van der Waals surface area contributed by atoms with Crippen LogP contribution in [0.1, 0.15) is 59.3 Å². The van der Waals surface area contributed by atoms with Crippen LogP contribution in [0.5, 0.6) is 0 Å². The molecule has 7 unspecified atom stereocenters. The quantitative estimate of drug-likeness (QED) is 0.247. The zero-order chi connectivity index (χ0) is 22.2. The minimum Gasteiger partial charge on any atom is -0.358 e. The molecule has 1 aliphatic carbocycles. The fraction of sp³-hybridized carbons (Fsp3) is 0.750. The van der Waals surface area contributed by atoms with Gasteiger partial charge in [-0.3, -0.25) is 9.59 Å². The number of Topliss-reactive ketones (excluding diaryl/α,β-unsaturated/α-hetero) is 1. The van der Waals surface area contributed by atoms with Crippen LogP contribution in [0.4, 0.5) is 0 Å². The molecule has 1 spiro atoms. The molecule has 0 aromatic rings. The smallest absolute Gasteiger partial charge is 0.244 e. The number of nitrogens with one attached hydrogen (secondary N) is 1. The number of methoxy groups -OCH3 is 1. The molecule has 0 radical (unpaired) electrons. The highest BCUT2D eigenvalue weighted by molar-refractivity contribution is 5.94. The van der Waals surface area contributed by atoms with Crippen LogP contribution in [-0.4, -0.2) is 61.1 Å². The molecule has 4 fully saturated rings. The zero-order valence-corrected chi connectivity index (χ0v) is 19.0. The van der Waals surface area contributed by atoms with Crippen LogP contribution < -0.4 is 5.32 Å². The van der Waals surface area contributed by atoms with E-state index in [1.807, 2.05) is 13.0 Å². The molecular weight excluding hydrogens is 398 g/mol. The molecule has 3 aliphatic heterocycles. The van der Waals surface area contributed by atoms with Gasteiger partial charge in [-0.2, -0.15) is 0 Å². The van der Waals surface area contributed by atoms with E-state index in [1.54, 1.807) is 13.2 Å². The lowest BCUT2D eigenvalue weighted by molar-refractivity contribution is -0.174. The number of carbonyl (C=O) groups is 2. The summed E-state index contributed by atoms with van der Waals surface area (Å²) in [5.41, 5.74) is 0.365. The summed E-state index contributed by atoms with van der Waals surface area (Å²) in [6.07, 6.45) is 10.3. The van der Waals surface area contributed by atoms with Gasteiger partial charge in [0.05, 0.1) is 6.04 Å². The Labute approximate surface area is 184 Å². The van der Waals surface area contributed by atoms with Gasteiger partial charge in [0.1, 0.15) is 30.0 Å². The number of unbranched alkanes of at least 4 members (excludes halogenated alkanes) is 3. The second kappa shape index (κ2) is 9.14. The summed E-state index contributed by atoms with van der Waals surface area (Å²) < 4.78 is 22.8. The monoisotopic (exact) mass is 433 g/mol. The minimum atomic E-state index is -0.714. The van der Waals surface area contributed by atoms with Crippen LogP contribution in [-0.2, 0) is 28.5 Å². The maximum atomic E-state index is 12.5. The van der Waals surface area contributed by atoms with Crippen LogP contribution in [0.2, 0.25) is 0 Å². The van der Waals surface area contributed by atoms with Crippen molar-refractivity contribution in [2.45, 2.75) is 102 Å². The maximum absolute atomic E-state index is 12.5. The third-order valence-corrected chi connectivity index (χ3v) is 6.83. The lowest BCUT2D eigenvalue weighted by Gasteiger charge is -2.26. The summed E-state index contributed by atoms with van der Waals surface area (Å²) in [7, 11) is 1.55. The third-order valence-electron chi connectivity index (χ3n) is 6.83. The topological polar surface area (TPSA) is 89.7 Å². The molecule has 0 bridgehead atoms. The van der Waals surface area contributed by atoms with Gasteiger partial charge >= 0.3 is 0 Å². The van der Waals surface area contributed by atoms with Gasteiger partial charge < -0.3 is 24.3 Å². The Hall–Kier alpha value is -1.54. The van der Waals surface area contributed by atoms with E-state index >= 15 is 0 Å². The first-order chi connectivity index (χ1) is 14.9. The fourth-order valence-corrected chi connectivity index (χ4v) is 5.13. The number of hydrogen-bond donors (Lipinski definition) is 1. The normalized spacial score (nSPS) is 39.5. The number of carbonyl (C=O) groups excluding carboxylic acids is 2. The van der Waals surface area contributed by atoms with Gasteiger partial charge in [-0.25, -0.2) is 0 Å². The Morgan fingerprint density at radius 3 is 2.58 bits per heavy atom. The van der Waals surface area contributed by atoms with Gasteiger partial charge in [0, 0.05) is 19.6 Å². The highest BCUT2D eigenvalue weighted by atomic mass is 16.7.